The number of carbonyl (C=O) groups excluding carboxylic acids is 1. The Morgan fingerprint density at radius 2 is 2.26 bits per heavy atom. The van der Waals surface area contributed by atoms with E-state index >= 15 is 0 Å². The van der Waals surface area contributed by atoms with Crippen LogP contribution in [0.2, 0.25) is 0 Å². The molecular weight excluding hydrogens is 268 g/mol. The van der Waals surface area contributed by atoms with Gasteiger partial charge in [-0.25, -0.2) is 0 Å². The monoisotopic (exact) mass is 284 g/mol. The Bertz CT molecular complexity index is 449. The number of amides is 1. The van der Waals surface area contributed by atoms with Gasteiger partial charge in [-0.2, -0.15) is 0 Å². The van der Waals surface area contributed by atoms with Gasteiger partial charge in [0.05, 0.1) is 6.54 Å². The number of rotatable bonds is 2. The smallest absolute Gasteiger partial charge is 0.290 e. The number of fused-ring (bicyclic) bond motifs is 1. The van der Waals surface area contributed by atoms with Gasteiger partial charge in [0.1, 0.15) is 10.0 Å². The van der Waals surface area contributed by atoms with E-state index in [-0.39, 0.29) is 12.4 Å². The van der Waals surface area contributed by atoms with Crippen LogP contribution in [0.1, 0.15) is 16.4 Å². The van der Waals surface area contributed by atoms with E-state index in [1.807, 2.05) is 6.92 Å². The van der Waals surface area contributed by atoms with Crippen LogP contribution in [0, 0.1) is 12.8 Å². The first-order valence-corrected chi connectivity index (χ1v) is 6.82. The predicted octanol–water partition coefficient (Wildman–Crippen LogP) is -0.132. The quantitative estimate of drug-likeness (QED) is 0.734. The average molecular weight is 284 g/mol. The van der Waals surface area contributed by atoms with Gasteiger partial charge in [0, 0.05) is 31.5 Å². The molecule has 3 heterocycles. The fourth-order valence-corrected chi connectivity index (χ4v) is 3.31. The van der Waals surface area contributed by atoms with Crippen LogP contribution in [-0.4, -0.2) is 51.7 Å². The third-order valence-corrected chi connectivity index (χ3v) is 4.06. The number of hydrogen-bond acceptors (Lipinski definition) is 6. The van der Waals surface area contributed by atoms with Gasteiger partial charge in [-0.05, 0) is 6.92 Å². The van der Waals surface area contributed by atoms with Crippen molar-refractivity contribution in [3.63, 3.8) is 0 Å². The third kappa shape index (κ3) is 3.48. The number of nitrogens with zero attached hydrogens (tertiary/aromatic N) is 3. The number of carbonyl (C=O) groups is 2. The summed E-state index contributed by atoms with van der Waals surface area (Å²) in [6.07, 6.45) is 0.691. The molecule has 0 spiro atoms. The molecule has 1 aromatic heterocycles. The molecule has 2 N–H and O–H groups in total. The van der Waals surface area contributed by atoms with Crippen molar-refractivity contribution >= 4 is 23.7 Å². The summed E-state index contributed by atoms with van der Waals surface area (Å²) < 4.78 is 0. The van der Waals surface area contributed by atoms with Crippen LogP contribution in [0.5, 0.6) is 0 Å². The van der Waals surface area contributed by atoms with E-state index in [4.69, 9.17) is 9.90 Å². The lowest BCUT2D eigenvalue weighted by Crippen LogP contribution is -2.32. The maximum Gasteiger partial charge on any atom is 0.290 e. The third-order valence-electron chi connectivity index (χ3n) is 3.24. The van der Waals surface area contributed by atoms with Crippen molar-refractivity contribution in [3.8, 4) is 0 Å². The second-order valence-corrected chi connectivity index (χ2v) is 5.92. The molecule has 7 nitrogen and oxygen atoms in total. The van der Waals surface area contributed by atoms with Gasteiger partial charge in [0.2, 0.25) is 5.91 Å². The van der Waals surface area contributed by atoms with Gasteiger partial charge in [0.25, 0.3) is 6.47 Å². The molecule has 0 unspecified atom stereocenters. The Labute approximate surface area is 114 Å². The summed E-state index contributed by atoms with van der Waals surface area (Å²) in [5.41, 5.74) is 0. The molecule has 2 aliphatic rings. The molecule has 0 radical (unpaired) electrons. The molecule has 104 valence electrons. The number of aryl methyl sites for hydroxylation is 1. The number of carboxylic acid groups (broad SMARTS) is 1. The summed E-state index contributed by atoms with van der Waals surface area (Å²) in [4.78, 5) is 21.9. The minimum Gasteiger partial charge on any atom is -0.483 e. The molecule has 2 fully saturated rings. The molecule has 19 heavy (non-hydrogen) atoms. The van der Waals surface area contributed by atoms with Gasteiger partial charge >= 0.3 is 0 Å². The highest BCUT2D eigenvalue weighted by molar-refractivity contribution is 7.11. The minimum absolute atomic E-state index is 0.210. The van der Waals surface area contributed by atoms with E-state index in [0.29, 0.717) is 18.4 Å². The van der Waals surface area contributed by atoms with Crippen LogP contribution in [0.15, 0.2) is 0 Å². The van der Waals surface area contributed by atoms with Crippen LogP contribution in [-0.2, 0) is 16.1 Å². The first-order valence-electron chi connectivity index (χ1n) is 6.01. The zero-order valence-electron chi connectivity index (χ0n) is 10.6. The maximum atomic E-state index is 11.2. The van der Waals surface area contributed by atoms with Crippen LogP contribution < -0.4 is 5.32 Å². The minimum atomic E-state index is -0.250. The second kappa shape index (κ2) is 6.07. The molecule has 8 heteroatoms. The largest absolute Gasteiger partial charge is 0.483 e. The van der Waals surface area contributed by atoms with Crippen LogP contribution in [0.25, 0.3) is 0 Å². The van der Waals surface area contributed by atoms with Gasteiger partial charge in [-0.15, -0.1) is 21.5 Å². The molecule has 0 aromatic carbocycles. The molecule has 3 rings (SSSR count). The zero-order chi connectivity index (χ0) is 13.8. The highest BCUT2D eigenvalue weighted by Crippen LogP contribution is 2.26. The van der Waals surface area contributed by atoms with Crippen molar-refractivity contribution in [2.75, 3.05) is 13.1 Å². The van der Waals surface area contributed by atoms with Crippen molar-refractivity contribution in [3.05, 3.63) is 10.0 Å². The predicted molar refractivity (Wildman–Crippen MR) is 68.7 cm³/mol. The molecule has 0 saturated carbocycles. The summed E-state index contributed by atoms with van der Waals surface area (Å²) >= 11 is 1.65. The lowest BCUT2D eigenvalue weighted by atomic mass is 10.1. The molecule has 2 saturated heterocycles. The molecule has 1 aromatic rings. The van der Waals surface area contributed by atoms with E-state index in [9.17, 15) is 4.79 Å². The van der Waals surface area contributed by atoms with Gasteiger partial charge in [-0.1, -0.05) is 0 Å². The highest BCUT2D eigenvalue weighted by Gasteiger charge is 2.39. The van der Waals surface area contributed by atoms with Gasteiger partial charge in [0.15, 0.2) is 0 Å². The molecule has 2 atom stereocenters. The normalized spacial score (nSPS) is 25.4. The Hall–Kier alpha value is -1.54. The highest BCUT2D eigenvalue weighted by atomic mass is 32.1. The molecule has 0 bridgehead atoms. The van der Waals surface area contributed by atoms with Crippen molar-refractivity contribution in [1.82, 2.24) is 20.4 Å². The number of nitrogens with one attached hydrogen (secondary N) is 1. The van der Waals surface area contributed by atoms with E-state index in [0.717, 1.165) is 29.6 Å². The number of hydrogen-bond donors (Lipinski definition) is 2. The van der Waals surface area contributed by atoms with Crippen molar-refractivity contribution < 1.29 is 14.7 Å². The molecular formula is C11H16N4O3S. The summed E-state index contributed by atoms with van der Waals surface area (Å²) in [6.45, 7) is 4.55. The second-order valence-electron chi connectivity index (χ2n) is 4.65. The van der Waals surface area contributed by atoms with E-state index in [2.05, 4.69) is 20.4 Å². The summed E-state index contributed by atoms with van der Waals surface area (Å²) in [7, 11) is 0. The van der Waals surface area contributed by atoms with Crippen LogP contribution in [0.3, 0.4) is 0 Å². The van der Waals surface area contributed by atoms with Crippen molar-refractivity contribution in [2.24, 2.45) is 5.92 Å². The topological polar surface area (TPSA) is 95.4 Å². The lowest BCUT2D eigenvalue weighted by Gasteiger charge is -2.14. The van der Waals surface area contributed by atoms with E-state index in [1.54, 1.807) is 11.3 Å². The molecule has 2 aliphatic heterocycles. The Morgan fingerprint density at radius 3 is 2.84 bits per heavy atom. The zero-order valence-corrected chi connectivity index (χ0v) is 11.4. The Kier molecular flexibility index (Phi) is 4.43. The SMILES string of the molecule is Cc1nnc(CN2C[C@@H]3CC(=O)N[C@@H]3C2)s1.O=CO. The first-order chi connectivity index (χ1) is 9.12. The van der Waals surface area contributed by atoms with Crippen molar-refractivity contribution in [1.29, 1.82) is 0 Å². The maximum absolute atomic E-state index is 11.2. The molecule has 0 aliphatic carbocycles. The van der Waals surface area contributed by atoms with E-state index < -0.39 is 0 Å². The Balaban J connectivity index is 0.000000408. The van der Waals surface area contributed by atoms with E-state index in [1.165, 1.54) is 0 Å². The average Bonchev–Trinajstić information content (AvgIpc) is 2.95. The van der Waals surface area contributed by atoms with Crippen LogP contribution in [0.4, 0.5) is 0 Å². The Morgan fingerprint density at radius 1 is 1.53 bits per heavy atom. The van der Waals surface area contributed by atoms with Crippen molar-refractivity contribution in [2.45, 2.75) is 25.9 Å². The lowest BCUT2D eigenvalue weighted by molar-refractivity contribution is -0.123. The first kappa shape index (κ1) is 13.9. The van der Waals surface area contributed by atoms with Gasteiger partial charge < -0.3 is 10.4 Å². The number of aromatic nitrogens is 2. The van der Waals surface area contributed by atoms with Crippen LogP contribution >= 0.6 is 11.3 Å². The number of likely N-dealkylation sites (tertiary alicyclic amines) is 1. The molecule has 1 amide bonds. The fraction of sp³-hybridized carbons (Fsp3) is 0.636. The standard InChI is InChI=1S/C10H14N4OS.CH2O2/c1-6-12-13-10(16-6)5-14-3-7-2-9(15)11-8(7)4-14;2-1-3/h7-8H,2-5H2,1H3,(H,11,15);1H,(H,2,3)/t7-,8+;/m0./s1. The fourth-order valence-electron chi connectivity index (χ4n) is 2.56. The van der Waals surface area contributed by atoms with Gasteiger partial charge in [-0.3, -0.25) is 14.5 Å². The summed E-state index contributed by atoms with van der Waals surface area (Å²) in [6, 6.07) is 0.363. The summed E-state index contributed by atoms with van der Waals surface area (Å²) in [5.74, 6) is 0.711. The summed E-state index contributed by atoms with van der Waals surface area (Å²) in [5, 5.41) is 20.1.